The molecular formula is C10H13N5S. The second-order valence-electron chi connectivity index (χ2n) is 3.92. The maximum Gasteiger partial charge on any atom is 0.132 e. The molecule has 0 amide bonds. The van der Waals surface area contributed by atoms with Crippen LogP contribution in [0.4, 0.5) is 11.6 Å². The van der Waals surface area contributed by atoms with Gasteiger partial charge in [0.2, 0.25) is 0 Å². The predicted molar refractivity (Wildman–Crippen MR) is 65.2 cm³/mol. The molecule has 0 radical (unpaired) electrons. The number of hydrogen-bond donors (Lipinski definition) is 2. The Kier molecular flexibility index (Phi) is 2.74. The molecule has 0 fully saturated rings. The first kappa shape index (κ1) is 10.8. The number of nitrogens with one attached hydrogen (secondary N) is 1. The van der Waals surface area contributed by atoms with E-state index in [0.29, 0.717) is 11.6 Å². The largest absolute Gasteiger partial charge is 0.384 e. The third kappa shape index (κ3) is 2.27. The number of nitrogens with two attached hydrogens (primary N) is 1. The maximum absolute atomic E-state index is 5.59. The van der Waals surface area contributed by atoms with Crippen molar-refractivity contribution in [3.8, 4) is 0 Å². The zero-order chi connectivity index (χ0) is 11.6. The Morgan fingerprint density at radius 3 is 2.75 bits per heavy atom. The third-order valence-corrected chi connectivity index (χ3v) is 3.19. The minimum Gasteiger partial charge on any atom is -0.384 e. The molecule has 0 aliphatic carbocycles. The molecule has 0 aliphatic rings. The van der Waals surface area contributed by atoms with Crippen molar-refractivity contribution >= 4 is 23.0 Å². The van der Waals surface area contributed by atoms with Crippen LogP contribution in [0.3, 0.4) is 0 Å². The lowest BCUT2D eigenvalue weighted by Gasteiger charge is -2.24. The van der Waals surface area contributed by atoms with Gasteiger partial charge in [-0.1, -0.05) is 0 Å². The summed E-state index contributed by atoms with van der Waals surface area (Å²) in [4.78, 5) is 12.2. The molecule has 5 nitrogen and oxygen atoms in total. The van der Waals surface area contributed by atoms with E-state index in [4.69, 9.17) is 5.73 Å². The van der Waals surface area contributed by atoms with Crippen LogP contribution in [0.5, 0.6) is 0 Å². The van der Waals surface area contributed by atoms with Gasteiger partial charge in [0, 0.05) is 17.6 Å². The summed E-state index contributed by atoms with van der Waals surface area (Å²) in [6.07, 6.45) is 3.23. The summed E-state index contributed by atoms with van der Waals surface area (Å²) < 4.78 is 0. The van der Waals surface area contributed by atoms with Crippen LogP contribution in [0.15, 0.2) is 24.0 Å². The quantitative estimate of drug-likeness (QED) is 0.849. The van der Waals surface area contributed by atoms with Crippen LogP contribution in [-0.2, 0) is 5.54 Å². The van der Waals surface area contributed by atoms with Crippen LogP contribution in [0.2, 0.25) is 0 Å². The van der Waals surface area contributed by atoms with Gasteiger partial charge in [0.25, 0.3) is 0 Å². The van der Waals surface area contributed by atoms with Crippen molar-refractivity contribution in [1.29, 1.82) is 0 Å². The minimum absolute atomic E-state index is 0.269. The average Bonchev–Trinajstić information content (AvgIpc) is 2.69. The van der Waals surface area contributed by atoms with Gasteiger partial charge in [-0.3, -0.25) is 0 Å². The number of anilines is 2. The van der Waals surface area contributed by atoms with E-state index in [-0.39, 0.29) is 5.54 Å². The summed E-state index contributed by atoms with van der Waals surface area (Å²) in [5.74, 6) is 1.15. The molecule has 2 aromatic heterocycles. The molecule has 0 spiro atoms. The molecule has 2 heterocycles. The number of rotatable bonds is 3. The summed E-state index contributed by atoms with van der Waals surface area (Å²) in [7, 11) is 0. The topological polar surface area (TPSA) is 76.7 Å². The Bertz CT molecular complexity index is 466. The van der Waals surface area contributed by atoms with Gasteiger partial charge >= 0.3 is 0 Å². The van der Waals surface area contributed by atoms with Gasteiger partial charge in [-0.15, -0.1) is 11.3 Å². The van der Waals surface area contributed by atoms with Gasteiger partial charge in [0.05, 0.1) is 5.54 Å². The van der Waals surface area contributed by atoms with E-state index in [1.54, 1.807) is 23.6 Å². The Labute approximate surface area is 97.8 Å². The van der Waals surface area contributed by atoms with Crippen LogP contribution in [0.1, 0.15) is 18.9 Å². The highest BCUT2D eigenvalue weighted by molar-refractivity contribution is 7.09. The molecule has 0 bridgehead atoms. The van der Waals surface area contributed by atoms with E-state index < -0.39 is 0 Å². The zero-order valence-electron chi connectivity index (χ0n) is 9.14. The van der Waals surface area contributed by atoms with Crippen LogP contribution in [-0.4, -0.2) is 15.0 Å². The van der Waals surface area contributed by atoms with E-state index >= 15 is 0 Å². The minimum atomic E-state index is -0.269. The number of aromatic nitrogens is 3. The number of nitrogen functional groups attached to an aromatic ring is 1. The van der Waals surface area contributed by atoms with Gasteiger partial charge in [-0.25, -0.2) is 15.0 Å². The lowest BCUT2D eigenvalue weighted by Crippen LogP contribution is -2.28. The molecule has 16 heavy (non-hydrogen) atoms. The van der Waals surface area contributed by atoms with E-state index in [2.05, 4.69) is 20.3 Å². The third-order valence-electron chi connectivity index (χ3n) is 2.10. The monoisotopic (exact) mass is 235 g/mol. The molecule has 0 aromatic carbocycles. The lowest BCUT2D eigenvalue weighted by atomic mass is 10.1. The van der Waals surface area contributed by atoms with Gasteiger partial charge in [-0.05, 0) is 13.8 Å². The molecule has 2 aromatic rings. The highest BCUT2D eigenvalue weighted by Gasteiger charge is 2.23. The molecule has 0 atom stereocenters. The van der Waals surface area contributed by atoms with Gasteiger partial charge in [0.1, 0.15) is 23.0 Å². The van der Waals surface area contributed by atoms with Crippen LogP contribution < -0.4 is 11.1 Å². The first-order chi connectivity index (χ1) is 7.58. The molecule has 0 saturated carbocycles. The van der Waals surface area contributed by atoms with Crippen LogP contribution in [0.25, 0.3) is 0 Å². The van der Waals surface area contributed by atoms with E-state index in [1.807, 2.05) is 19.2 Å². The first-order valence-corrected chi connectivity index (χ1v) is 5.71. The van der Waals surface area contributed by atoms with Gasteiger partial charge in [-0.2, -0.15) is 0 Å². The Hall–Kier alpha value is -1.69. The van der Waals surface area contributed by atoms with Gasteiger partial charge in [0.15, 0.2) is 0 Å². The molecule has 3 N–H and O–H groups in total. The SMILES string of the molecule is CC(C)(Nc1cc(N)ncn1)c1nccs1. The highest BCUT2D eigenvalue weighted by atomic mass is 32.1. The van der Waals surface area contributed by atoms with E-state index in [0.717, 1.165) is 5.01 Å². The standard InChI is InChI=1S/C10H13N5S/c1-10(2,9-12-3-4-16-9)15-8-5-7(11)13-6-14-8/h3-6H,1-2H3,(H3,11,13,14,15). The Morgan fingerprint density at radius 1 is 1.31 bits per heavy atom. The number of nitrogens with zero attached hydrogens (tertiary/aromatic N) is 3. The van der Waals surface area contributed by atoms with Crippen LogP contribution >= 0.6 is 11.3 Å². The smallest absolute Gasteiger partial charge is 0.132 e. The van der Waals surface area contributed by atoms with Gasteiger partial charge < -0.3 is 11.1 Å². The second kappa shape index (κ2) is 4.05. The average molecular weight is 235 g/mol. The van der Waals surface area contributed by atoms with Crippen molar-refractivity contribution in [2.75, 3.05) is 11.1 Å². The number of thiazole rings is 1. The fourth-order valence-electron chi connectivity index (χ4n) is 1.35. The van der Waals surface area contributed by atoms with Crippen molar-refractivity contribution in [3.63, 3.8) is 0 Å². The molecule has 6 heteroatoms. The van der Waals surface area contributed by atoms with Crippen molar-refractivity contribution < 1.29 is 0 Å². The first-order valence-electron chi connectivity index (χ1n) is 4.83. The molecule has 0 aliphatic heterocycles. The van der Waals surface area contributed by atoms with E-state index in [9.17, 15) is 0 Å². The normalized spacial score (nSPS) is 11.4. The summed E-state index contributed by atoms with van der Waals surface area (Å²) in [5.41, 5.74) is 5.32. The fraction of sp³-hybridized carbons (Fsp3) is 0.300. The summed E-state index contributed by atoms with van der Waals surface area (Å²) in [6.45, 7) is 4.09. The zero-order valence-corrected chi connectivity index (χ0v) is 9.95. The van der Waals surface area contributed by atoms with Crippen molar-refractivity contribution in [1.82, 2.24) is 15.0 Å². The Morgan fingerprint density at radius 2 is 2.12 bits per heavy atom. The summed E-state index contributed by atoms with van der Waals surface area (Å²) in [6, 6.07) is 1.70. The summed E-state index contributed by atoms with van der Waals surface area (Å²) in [5, 5.41) is 6.23. The second-order valence-corrected chi connectivity index (χ2v) is 4.81. The molecule has 0 unspecified atom stereocenters. The number of hydrogen-bond acceptors (Lipinski definition) is 6. The molecule has 2 rings (SSSR count). The maximum atomic E-state index is 5.59. The van der Waals surface area contributed by atoms with Crippen LogP contribution in [0, 0.1) is 0 Å². The molecule has 84 valence electrons. The predicted octanol–water partition coefficient (Wildman–Crippen LogP) is 1.86. The molecule has 0 saturated heterocycles. The van der Waals surface area contributed by atoms with E-state index in [1.165, 1.54) is 6.33 Å². The lowest BCUT2D eigenvalue weighted by molar-refractivity contribution is 0.600. The fourth-order valence-corrected chi connectivity index (χ4v) is 2.06. The highest BCUT2D eigenvalue weighted by Crippen LogP contribution is 2.26. The van der Waals surface area contributed by atoms with Crippen molar-refractivity contribution in [2.24, 2.45) is 0 Å². The van der Waals surface area contributed by atoms with Crippen molar-refractivity contribution in [3.05, 3.63) is 29.0 Å². The molecular weight excluding hydrogens is 222 g/mol. The van der Waals surface area contributed by atoms with Crippen molar-refractivity contribution in [2.45, 2.75) is 19.4 Å². The Balaban J connectivity index is 2.21. The summed E-state index contributed by atoms with van der Waals surface area (Å²) >= 11 is 1.61.